The fourth-order valence-corrected chi connectivity index (χ4v) is 8.54. The first kappa shape index (κ1) is 32.2. The molecule has 2 aliphatic rings. The summed E-state index contributed by atoms with van der Waals surface area (Å²) in [5, 5.41) is 41.3. The number of anilines is 1. The van der Waals surface area contributed by atoms with Crippen LogP contribution in [0.25, 0.3) is 11.2 Å². The van der Waals surface area contributed by atoms with Crippen LogP contribution in [0, 0.1) is 0 Å². The van der Waals surface area contributed by atoms with Crippen molar-refractivity contribution in [3.05, 3.63) is 27.9 Å². The Labute approximate surface area is 246 Å². The third-order valence-corrected chi connectivity index (χ3v) is 10.9. The topological polar surface area (TPSA) is 327 Å². The van der Waals surface area contributed by atoms with E-state index in [-0.39, 0.29) is 27.2 Å². The van der Waals surface area contributed by atoms with E-state index >= 15 is 0 Å². The zero-order valence-corrected chi connectivity index (χ0v) is 24.9. The van der Waals surface area contributed by atoms with Crippen molar-refractivity contribution >= 4 is 53.0 Å². The molecule has 3 aromatic rings. The van der Waals surface area contributed by atoms with Crippen LogP contribution in [0.5, 0.6) is 0 Å². The summed E-state index contributed by atoms with van der Waals surface area (Å²) >= 11 is -0.579. The molecule has 10 atom stereocenters. The van der Waals surface area contributed by atoms with Crippen LogP contribution >= 0.6 is 15.6 Å². The molecule has 10 N–H and O–H groups in total. The van der Waals surface area contributed by atoms with E-state index in [0.717, 1.165) is 6.33 Å². The number of fused-ring (bicyclic) bond motifs is 1. The number of primary amides is 1. The van der Waals surface area contributed by atoms with Crippen LogP contribution in [0.2, 0.25) is 0 Å². The quantitative estimate of drug-likeness (QED) is 0.0711. The molecule has 5 rings (SSSR count). The second-order valence-corrected chi connectivity index (χ2v) is 14.1. The molecule has 0 spiro atoms. The first-order valence-corrected chi connectivity index (χ1v) is 16.9. The molecule has 0 radical (unpaired) electrons. The van der Waals surface area contributed by atoms with Gasteiger partial charge in [0, 0.05) is 0 Å². The molecule has 236 valence electrons. The number of aliphatic hydroxyl groups excluding tert-OH is 4. The number of nitrogen functional groups attached to an aromatic ring is 1. The molecular formula is C19H25N7O14P2Se. The van der Waals surface area contributed by atoms with Crippen LogP contribution in [0.4, 0.5) is 5.82 Å². The average molecular weight is 716 g/mol. The first-order valence-electron chi connectivity index (χ1n) is 12.1. The summed E-state index contributed by atoms with van der Waals surface area (Å²) in [4.78, 5) is 48.9. The van der Waals surface area contributed by atoms with Crippen molar-refractivity contribution in [1.82, 2.24) is 24.5 Å². The number of phosphoric ester groups is 2. The number of aliphatic hydroxyl groups is 4. The predicted molar refractivity (Wildman–Crippen MR) is 138 cm³/mol. The minimum atomic E-state index is -5.51. The number of nitrogens with zero attached hydrogens (tertiary/aromatic N) is 5. The van der Waals surface area contributed by atoms with Gasteiger partial charge in [0.25, 0.3) is 0 Å². The van der Waals surface area contributed by atoms with Crippen molar-refractivity contribution in [2.24, 2.45) is 5.73 Å². The van der Waals surface area contributed by atoms with Gasteiger partial charge >= 0.3 is 169 Å². The van der Waals surface area contributed by atoms with Crippen LogP contribution in [-0.2, 0) is 32.0 Å². The van der Waals surface area contributed by atoms with Crippen molar-refractivity contribution in [2.45, 2.75) is 49.0 Å². The van der Waals surface area contributed by atoms with E-state index in [0.29, 0.717) is 0 Å². The molecule has 3 aromatic heterocycles. The van der Waals surface area contributed by atoms with Crippen molar-refractivity contribution in [1.29, 1.82) is 0 Å². The maximum atomic E-state index is 12.6. The van der Waals surface area contributed by atoms with Gasteiger partial charge < -0.3 is 15.9 Å². The summed E-state index contributed by atoms with van der Waals surface area (Å²) in [6.07, 6.45) is -9.78. The standard InChI is InChI=1S/C19H25N7O14P2Se/c20-15-9-17(23-4-22-15)26(5-24-9)19-11(29)10(28)8(38-19)2-36-41(32,33)40-42(34,35)39-13-7(1-27)37-14(12(13)30)18-25-6(3-43-18)16(21)31/h3-5,7-8,10-14,19,27-30H,1-2H2,(H2,21,31)(H,32,33)(H,34,35)(H2,20,22,23)/t7-,8-,10-,11-,12-,13-,14-,19-/m1/s1. The molecule has 2 saturated heterocycles. The zero-order chi connectivity index (χ0) is 31.3. The molecule has 1 amide bonds. The van der Waals surface area contributed by atoms with Crippen LogP contribution in [0.3, 0.4) is 0 Å². The van der Waals surface area contributed by atoms with Crippen LogP contribution < -0.4 is 11.5 Å². The second kappa shape index (κ2) is 12.3. The normalized spacial score (nSPS) is 32.1. The predicted octanol–water partition coefficient (Wildman–Crippen LogP) is -3.31. The number of imidazole rings is 1. The van der Waals surface area contributed by atoms with Gasteiger partial charge in [-0.25, -0.2) is 15.0 Å². The van der Waals surface area contributed by atoms with Gasteiger partial charge in [0.2, 0.25) is 0 Å². The van der Waals surface area contributed by atoms with Gasteiger partial charge in [-0.15, -0.1) is 0 Å². The van der Waals surface area contributed by atoms with Gasteiger partial charge in [0.15, 0.2) is 17.7 Å². The first-order chi connectivity index (χ1) is 20.2. The third-order valence-electron chi connectivity index (χ3n) is 6.39. The summed E-state index contributed by atoms with van der Waals surface area (Å²) in [7, 11) is -10.9. The molecular weight excluding hydrogens is 691 g/mol. The van der Waals surface area contributed by atoms with Crippen molar-refractivity contribution in [3.63, 3.8) is 0 Å². The fourth-order valence-electron chi connectivity index (χ4n) is 4.40. The number of hydrogen-bond donors (Lipinski definition) is 8. The summed E-state index contributed by atoms with van der Waals surface area (Å²) < 4.78 is 51.5. The monoisotopic (exact) mass is 717 g/mol. The van der Waals surface area contributed by atoms with Gasteiger partial charge in [-0.3, -0.25) is 4.57 Å². The van der Waals surface area contributed by atoms with Crippen molar-refractivity contribution in [2.75, 3.05) is 18.9 Å². The molecule has 0 aliphatic carbocycles. The summed E-state index contributed by atoms with van der Waals surface area (Å²) in [5.74, 6) is -0.774. The molecule has 0 bridgehead atoms. The van der Waals surface area contributed by atoms with E-state index in [1.54, 1.807) is 0 Å². The van der Waals surface area contributed by atoms with Crippen LogP contribution in [-0.4, -0.2) is 125 Å². The molecule has 5 heterocycles. The van der Waals surface area contributed by atoms with Gasteiger partial charge in [0.1, 0.15) is 17.9 Å². The van der Waals surface area contributed by atoms with Gasteiger partial charge in [-0.1, -0.05) is 0 Å². The van der Waals surface area contributed by atoms with E-state index in [4.69, 9.17) is 30.0 Å². The van der Waals surface area contributed by atoms with Crippen LogP contribution in [0.1, 0.15) is 27.4 Å². The Morgan fingerprint density at radius 1 is 1.07 bits per heavy atom. The number of rotatable bonds is 11. The van der Waals surface area contributed by atoms with Crippen molar-refractivity contribution < 1.29 is 67.0 Å². The van der Waals surface area contributed by atoms with E-state index in [1.165, 1.54) is 15.8 Å². The molecule has 24 heteroatoms. The van der Waals surface area contributed by atoms with Crippen LogP contribution in [0.15, 0.2) is 17.6 Å². The zero-order valence-electron chi connectivity index (χ0n) is 21.4. The average Bonchev–Trinajstić information content (AvgIpc) is 3.70. The Morgan fingerprint density at radius 3 is 2.49 bits per heavy atom. The van der Waals surface area contributed by atoms with Gasteiger partial charge in [-0.05, 0) is 0 Å². The Balaban J connectivity index is 1.21. The summed E-state index contributed by atoms with van der Waals surface area (Å²) in [6, 6.07) is 0. The van der Waals surface area contributed by atoms with E-state index in [9.17, 15) is 44.1 Å². The molecule has 0 saturated carbocycles. The number of carbonyl (C=O) groups is 1. The molecule has 2 aliphatic heterocycles. The Hall–Kier alpha value is -2.23. The number of nitrogens with two attached hydrogens (primary N) is 2. The summed E-state index contributed by atoms with van der Waals surface area (Å²) in [5.41, 5.74) is 11.2. The molecule has 2 fully saturated rings. The number of carbonyl (C=O) groups excluding carboxylic acids is 1. The number of aromatic nitrogens is 5. The number of ether oxygens (including phenoxy) is 2. The summed E-state index contributed by atoms with van der Waals surface area (Å²) in [6.45, 7) is -1.73. The molecule has 2 unspecified atom stereocenters. The van der Waals surface area contributed by atoms with E-state index in [1.807, 2.05) is 0 Å². The van der Waals surface area contributed by atoms with Gasteiger partial charge in [0.05, 0.1) is 6.33 Å². The Morgan fingerprint density at radius 2 is 1.81 bits per heavy atom. The molecule has 0 aromatic carbocycles. The van der Waals surface area contributed by atoms with Gasteiger partial charge in [-0.2, -0.15) is 0 Å². The van der Waals surface area contributed by atoms with Crippen molar-refractivity contribution in [3.8, 4) is 0 Å². The SMILES string of the molecule is NC(=O)c1c[se]c([C@@H]2O[C@H](CO)[C@@H](OP(=O)(O)OP(=O)(O)OC[C@H]3O[C@@H](n4cnc5c(N)ncnc54)[C@H](O)[C@@H]3O)[C@H]2O)n1. The fraction of sp³-hybridized carbons (Fsp3) is 0.526. The second-order valence-electron chi connectivity index (χ2n) is 9.22. The number of hydrogen-bond acceptors (Lipinski definition) is 17. The minimum absolute atomic E-state index is 0.0468. The Kier molecular flexibility index (Phi) is 9.19. The van der Waals surface area contributed by atoms with E-state index < -0.39 is 98.2 Å². The maximum absolute atomic E-state index is 12.6. The number of phosphoric acid groups is 2. The Bertz CT molecular complexity index is 1590. The molecule has 43 heavy (non-hydrogen) atoms. The number of amides is 1. The molecule has 21 nitrogen and oxygen atoms in total. The van der Waals surface area contributed by atoms with E-state index in [2.05, 4.69) is 24.2 Å². The third kappa shape index (κ3) is 6.59.